The predicted molar refractivity (Wildman–Crippen MR) is 75.4 cm³/mol. The lowest BCUT2D eigenvalue weighted by Gasteiger charge is -2.08. The average Bonchev–Trinajstić information content (AvgIpc) is 2.38. The smallest absolute Gasteiger partial charge is 0.279 e. The van der Waals surface area contributed by atoms with Gasteiger partial charge >= 0.3 is 0 Å². The number of halogens is 1. The highest BCUT2D eigenvalue weighted by Crippen LogP contribution is 2.26. The van der Waals surface area contributed by atoms with Crippen LogP contribution in [0.15, 0.2) is 53.4 Å². The van der Waals surface area contributed by atoms with Gasteiger partial charge in [0.1, 0.15) is 0 Å². The van der Waals surface area contributed by atoms with Crippen LogP contribution in [0.5, 0.6) is 0 Å². The Morgan fingerprint density at radius 1 is 1.10 bits per heavy atom. The summed E-state index contributed by atoms with van der Waals surface area (Å²) in [4.78, 5) is 9.73. The highest BCUT2D eigenvalue weighted by atomic mass is 35.5. The molecule has 104 valence electrons. The number of benzene rings is 2. The maximum Gasteiger partial charge on any atom is 0.289 e. The molecular weight excluding hydrogens is 304 g/mol. The number of nitro groups is 1. The Morgan fingerprint density at radius 3 is 2.45 bits per heavy atom. The molecule has 8 heteroatoms. The molecule has 0 aliphatic heterocycles. The van der Waals surface area contributed by atoms with E-state index in [0.717, 1.165) is 6.07 Å². The Kier molecular flexibility index (Phi) is 3.91. The van der Waals surface area contributed by atoms with Crippen LogP contribution < -0.4 is 4.72 Å². The Morgan fingerprint density at radius 2 is 1.80 bits per heavy atom. The Hall–Kier alpha value is -2.12. The molecule has 0 saturated heterocycles. The Bertz CT molecular complexity index is 762. The van der Waals surface area contributed by atoms with Gasteiger partial charge in [0.2, 0.25) is 0 Å². The molecule has 20 heavy (non-hydrogen) atoms. The van der Waals surface area contributed by atoms with Crippen molar-refractivity contribution < 1.29 is 13.3 Å². The second kappa shape index (κ2) is 5.48. The quantitative estimate of drug-likeness (QED) is 0.694. The molecule has 1 N–H and O–H groups in total. The Balaban J connectivity index is 2.44. The van der Waals surface area contributed by atoms with Crippen molar-refractivity contribution >= 4 is 33.0 Å². The fourth-order valence-corrected chi connectivity index (χ4v) is 3.01. The standard InChI is InChI=1S/C12H9ClN2O4S/c13-9-4-3-5-10(8-9)14-20(18,19)12-7-2-1-6-11(12)15(16)17/h1-8,14H. The van der Waals surface area contributed by atoms with Crippen molar-refractivity contribution in [2.45, 2.75) is 4.90 Å². The van der Waals surface area contributed by atoms with Gasteiger partial charge in [-0.05, 0) is 24.3 Å². The van der Waals surface area contributed by atoms with Gasteiger partial charge in [0.05, 0.1) is 10.6 Å². The molecule has 0 radical (unpaired) electrons. The molecule has 0 heterocycles. The van der Waals surface area contributed by atoms with E-state index in [0.29, 0.717) is 5.02 Å². The van der Waals surface area contributed by atoms with Gasteiger partial charge in [-0.1, -0.05) is 29.8 Å². The second-order valence-electron chi connectivity index (χ2n) is 3.84. The van der Waals surface area contributed by atoms with E-state index in [1.807, 2.05) is 0 Å². The SMILES string of the molecule is O=[N+]([O-])c1ccccc1S(=O)(=O)Nc1cccc(Cl)c1. The molecule has 6 nitrogen and oxygen atoms in total. The van der Waals surface area contributed by atoms with Crippen LogP contribution in [0.4, 0.5) is 11.4 Å². The first-order chi connectivity index (χ1) is 9.40. The lowest BCUT2D eigenvalue weighted by Crippen LogP contribution is -2.14. The summed E-state index contributed by atoms with van der Waals surface area (Å²) in [5.74, 6) is 0. The molecule has 0 fully saturated rings. The number of nitrogens with one attached hydrogen (secondary N) is 1. The van der Waals surface area contributed by atoms with Crippen molar-refractivity contribution in [2.24, 2.45) is 0 Å². The van der Waals surface area contributed by atoms with Crippen molar-refractivity contribution in [3.63, 3.8) is 0 Å². The molecule has 0 unspecified atom stereocenters. The van der Waals surface area contributed by atoms with Gasteiger partial charge in [-0.3, -0.25) is 14.8 Å². The summed E-state index contributed by atoms with van der Waals surface area (Å²) >= 11 is 5.76. The summed E-state index contributed by atoms with van der Waals surface area (Å²) in [7, 11) is -4.06. The van der Waals surface area contributed by atoms with Gasteiger partial charge < -0.3 is 0 Å². The van der Waals surface area contributed by atoms with E-state index < -0.39 is 25.5 Å². The molecule has 0 aromatic heterocycles. The summed E-state index contributed by atoms with van der Waals surface area (Å²) in [5, 5.41) is 11.2. The lowest BCUT2D eigenvalue weighted by atomic mass is 10.3. The molecule has 0 aliphatic rings. The molecule has 2 aromatic rings. The first-order valence-electron chi connectivity index (χ1n) is 5.42. The number of anilines is 1. The summed E-state index contributed by atoms with van der Waals surface area (Å²) in [6.45, 7) is 0. The summed E-state index contributed by atoms with van der Waals surface area (Å²) in [6.07, 6.45) is 0. The normalized spacial score (nSPS) is 11.1. The number of sulfonamides is 1. The van der Waals surface area contributed by atoms with Crippen molar-refractivity contribution in [3.05, 3.63) is 63.7 Å². The number of rotatable bonds is 4. The van der Waals surface area contributed by atoms with E-state index >= 15 is 0 Å². The van der Waals surface area contributed by atoms with Crippen LogP contribution in [0.1, 0.15) is 0 Å². The van der Waals surface area contributed by atoms with E-state index in [4.69, 9.17) is 11.6 Å². The molecule has 2 rings (SSSR count). The van der Waals surface area contributed by atoms with Crippen LogP contribution >= 0.6 is 11.6 Å². The van der Waals surface area contributed by atoms with Gasteiger partial charge in [0, 0.05) is 11.1 Å². The van der Waals surface area contributed by atoms with Crippen molar-refractivity contribution in [2.75, 3.05) is 4.72 Å². The maximum atomic E-state index is 12.2. The fourth-order valence-electron chi connectivity index (χ4n) is 1.60. The van der Waals surface area contributed by atoms with Gasteiger partial charge in [-0.15, -0.1) is 0 Å². The summed E-state index contributed by atoms with van der Waals surface area (Å²) < 4.78 is 26.6. The minimum absolute atomic E-state index is 0.232. The van der Waals surface area contributed by atoms with Crippen LogP contribution in [0, 0.1) is 10.1 Å². The van der Waals surface area contributed by atoms with Gasteiger partial charge in [-0.2, -0.15) is 0 Å². The van der Waals surface area contributed by atoms with Crippen molar-refractivity contribution in [1.82, 2.24) is 0 Å². The first kappa shape index (κ1) is 14.3. The molecule has 0 saturated carbocycles. The molecule has 0 amide bonds. The third-order valence-electron chi connectivity index (χ3n) is 2.43. The van der Waals surface area contributed by atoms with Gasteiger partial charge in [0.15, 0.2) is 4.90 Å². The number of nitro benzene ring substituents is 1. The Labute approximate surface area is 120 Å². The lowest BCUT2D eigenvalue weighted by molar-refractivity contribution is -0.387. The number of nitrogens with zero attached hydrogens (tertiary/aromatic N) is 1. The van der Waals surface area contributed by atoms with E-state index in [1.165, 1.54) is 30.3 Å². The largest absolute Gasteiger partial charge is 0.289 e. The minimum Gasteiger partial charge on any atom is -0.279 e. The summed E-state index contributed by atoms with van der Waals surface area (Å²) in [6, 6.07) is 11.2. The van der Waals surface area contributed by atoms with E-state index in [-0.39, 0.29) is 5.69 Å². The predicted octanol–water partition coefficient (Wildman–Crippen LogP) is 3.05. The molecule has 2 aromatic carbocycles. The molecule has 0 atom stereocenters. The summed E-state index contributed by atoms with van der Waals surface area (Å²) in [5.41, 5.74) is -0.252. The number of hydrogen-bond donors (Lipinski definition) is 1. The zero-order valence-electron chi connectivity index (χ0n) is 9.99. The second-order valence-corrected chi connectivity index (χ2v) is 5.93. The fraction of sp³-hybridized carbons (Fsp3) is 0. The molecule has 0 bridgehead atoms. The molecular formula is C12H9ClN2O4S. The highest BCUT2D eigenvalue weighted by molar-refractivity contribution is 7.92. The van der Waals surface area contributed by atoms with E-state index in [1.54, 1.807) is 12.1 Å². The van der Waals surface area contributed by atoms with Crippen LogP contribution in [0.2, 0.25) is 5.02 Å². The van der Waals surface area contributed by atoms with Crippen molar-refractivity contribution in [1.29, 1.82) is 0 Å². The van der Waals surface area contributed by atoms with Crippen LogP contribution in [0.3, 0.4) is 0 Å². The van der Waals surface area contributed by atoms with Crippen LogP contribution in [-0.4, -0.2) is 13.3 Å². The minimum atomic E-state index is -4.06. The van der Waals surface area contributed by atoms with Crippen LogP contribution in [0.25, 0.3) is 0 Å². The molecule has 0 aliphatic carbocycles. The topological polar surface area (TPSA) is 89.3 Å². The zero-order chi connectivity index (χ0) is 14.8. The zero-order valence-corrected chi connectivity index (χ0v) is 11.6. The monoisotopic (exact) mass is 312 g/mol. The average molecular weight is 313 g/mol. The maximum absolute atomic E-state index is 12.2. The van der Waals surface area contributed by atoms with E-state index in [2.05, 4.69) is 4.72 Å². The molecule has 0 spiro atoms. The van der Waals surface area contributed by atoms with E-state index in [9.17, 15) is 18.5 Å². The third kappa shape index (κ3) is 3.06. The third-order valence-corrected chi connectivity index (χ3v) is 4.09. The van der Waals surface area contributed by atoms with Crippen LogP contribution in [-0.2, 0) is 10.0 Å². The van der Waals surface area contributed by atoms with Crippen molar-refractivity contribution in [3.8, 4) is 0 Å². The first-order valence-corrected chi connectivity index (χ1v) is 7.28. The van der Waals surface area contributed by atoms with Gasteiger partial charge in [-0.25, -0.2) is 8.42 Å². The number of para-hydroxylation sites is 1. The van der Waals surface area contributed by atoms with Gasteiger partial charge in [0.25, 0.3) is 15.7 Å². The number of hydrogen-bond acceptors (Lipinski definition) is 4. The highest BCUT2D eigenvalue weighted by Gasteiger charge is 2.25.